The molecular formula is C13H12FN3O2. The number of hydrogen-bond donors (Lipinski definition) is 2. The lowest BCUT2D eigenvalue weighted by Gasteiger charge is -2.07. The molecule has 0 saturated carbocycles. The number of ether oxygens (including phenoxy) is 1. The van der Waals surface area contributed by atoms with Crippen LogP contribution >= 0.6 is 0 Å². The lowest BCUT2D eigenvalue weighted by atomic mass is 10.2. The maximum atomic E-state index is 13.6. The summed E-state index contributed by atoms with van der Waals surface area (Å²) >= 11 is 0. The first-order chi connectivity index (χ1) is 9.10. The first-order valence-corrected chi connectivity index (χ1v) is 5.52. The first kappa shape index (κ1) is 13.0. The Morgan fingerprint density at radius 3 is 2.63 bits per heavy atom. The SMILES string of the molecule is NCc1ccc(Oc2ccc(C(N)=O)cn2)c(F)c1. The van der Waals surface area contributed by atoms with Crippen LogP contribution in [0.4, 0.5) is 4.39 Å². The van der Waals surface area contributed by atoms with Crippen LogP contribution in [-0.2, 0) is 6.54 Å². The van der Waals surface area contributed by atoms with Gasteiger partial charge in [0.15, 0.2) is 11.6 Å². The van der Waals surface area contributed by atoms with Gasteiger partial charge in [-0.05, 0) is 23.8 Å². The molecule has 0 unspecified atom stereocenters. The molecule has 0 fully saturated rings. The van der Waals surface area contributed by atoms with Crippen LogP contribution < -0.4 is 16.2 Å². The molecular weight excluding hydrogens is 249 g/mol. The van der Waals surface area contributed by atoms with Crippen molar-refractivity contribution in [2.45, 2.75) is 6.54 Å². The van der Waals surface area contributed by atoms with E-state index in [-0.39, 0.29) is 23.7 Å². The second-order valence-electron chi connectivity index (χ2n) is 3.82. The number of benzene rings is 1. The predicted octanol–water partition coefficient (Wildman–Crippen LogP) is 1.57. The molecule has 0 aliphatic carbocycles. The molecule has 98 valence electrons. The molecule has 0 aliphatic rings. The third-order valence-corrected chi connectivity index (χ3v) is 2.47. The Morgan fingerprint density at radius 2 is 2.11 bits per heavy atom. The van der Waals surface area contributed by atoms with Crippen LogP contribution in [0.2, 0.25) is 0 Å². The van der Waals surface area contributed by atoms with Crippen molar-refractivity contribution in [2.75, 3.05) is 0 Å². The van der Waals surface area contributed by atoms with Gasteiger partial charge in [-0.1, -0.05) is 6.07 Å². The van der Waals surface area contributed by atoms with Gasteiger partial charge in [0.1, 0.15) is 0 Å². The zero-order valence-corrected chi connectivity index (χ0v) is 9.97. The van der Waals surface area contributed by atoms with Crippen molar-refractivity contribution >= 4 is 5.91 Å². The third kappa shape index (κ3) is 3.05. The fourth-order valence-electron chi connectivity index (χ4n) is 1.45. The molecule has 1 amide bonds. The number of nitrogens with two attached hydrogens (primary N) is 2. The Hall–Kier alpha value is -2.47. The Kier molecular flexibility index (Phi) is 3.72. The molecule has 1 aromatic heterocycles. The molecule has 1 aromatic carbocycles. The molecule has 0 bridgehead atoms. The molecule has 0 saturated heterocycles. The average molecular weight is 261 g/mol. The number of carbonyl (C=O) groups is 1. The minimum atomic E-state index is -0.586. The standard InChI is InChI=1S/C13H12FN3O2/c14-10-5-8(6-15)1-3-11(10)19-12-4-2-9(7-17-12)13(16)18/h1-5,7H,6,15H2,(H2,16,18). The highest BCUT2D eigenvalue weighted by molar-refractivity contribution is 5.92. The molecule has 6 heteroatoms. The van der Waals surface area contributed by atoms with E-state index in [4.69, 9.17) is 16.2 Å². The number of halogens is 1. The van der Waals surface area contributed by atoms with Gasteiger partial charge in [0, 0.05) is 18.8 Å². The molecule has 2 aromatic rings. The average Bonchev–Trinajstić information content (AvgIpc) is 2.41. The third-order valence-electron chi connectivity index (χ3n) is 2.47. The Morgan fingerprint density at radius 1 is 1.32 bits per heavy atom. The van der Waals surface area contributed by atoms with Crippen molar-refractivity contribution in [3.8, 4) is 11.6 Å². The number of rotatable bonds is 4. The topological polar surface area (TPSA) is 91.2 Å². The van der Waals surface area contributed by atoms with E-state index in [1.165, 1.54) is 30.5 Å². The van der Waals surface area contributed by atoms with Crippen LogP contribution in [0, 0.1) is 5.82 Å². The summed E-state index contributed by atoms with van der Waals surface area (Å²) in [6.07, 6.45) is 1.27. The number of carbonyl (C=O) groups excluding carboxylic acids is 1. The summed E-state index contributed by atoms with van der Waals surface area (Å²) in [5, 5.41) is 0. The van der Waals surface area contributed by atoms with Crippen molar-refractivity contribution < 1.29 is 13.9 Å². The van der Waals surface area contributed by atoms with Crippen LogP contribution in [0.5, 0.6) is 11.6 Å². The highest BCUT2D eigenvalue weighted by Crippen LogP contribution is 2.23. The molecule has 0 atom stereocenters. The summed E-state index contributed by atoms with van der Waals surface area (Å²) in [7, 11) is 0. The summed E-state index contributed by atoms with van der Waals surface area (Å²) in [4.78, 5) is 14.7. The lowest BCUT2D eigenvalue weighted by molar-refractivity contribution is 0.1000. The van der Waals surface area contributed by atoms with Gasteiger partial charge in [0.2, 0.25) is 11.8 Å². The Balaban J connectivity index is 2.19. The molecule has 0 radical (unpaired) electrons. The van der Waals surface area contributed by atoms with Crippen LogP contribution in [-0.4, -0.2) is 10.9 Å². The van der Waals surface area contributed by atoms with E-state index in [1.54, 1.807) is 6.07 Å². The number of nitrogens with zero attached hydrogens (tertiary/aromatic N) is 1. The van der Waals surface area contributed by atoms with E-state index in [0.29, 0.717) is 5.56 Å². The van der Waals surface area contributed by atoms with Crippen LogP contribution in [0.3, 0.4) is 0 Å². The molecule has 5 nitrogen and oxygen atoms in total. The molecule has 1 heterocycles. The van der Waals surface area contributed by atoms with Crippen molar-refractivity contribution in [3.63, 3.8) is 0 Å². The van der Waals surface area contributed by atoms with E-state index in [2.05, 4.69) is 4.98 Å². The maximum absolute atomic E-state index is 13.6. The summed E-state index contributed by atoms with van der Waals surface area (Å²) in [6.45, 7) is 0.253. The van der Waals surface area contributed by atoms with Crippen LogP contribution in [0.15, 0.2) is 36.5 Å². The minimum absolute atomic E-state index is 0.0384. The Labute approximate surface area is 109 Å². The fourth-order valence-corrected chi connectivity index (χ4v) is 1.45. The molecule has 2 rings (SSSR count). The van der Waals surface area contributed by atoms with E-state index in [0.717, 1.165) is 0 Å². The highest BCUT2D eigenvalue weighted by Gasteiger charge is 2.07. The predicted molar refractivity (Wildman–Crippen MR) is 67.1 cm³/mol. The van der Waals surface area contributed by atoms with E-state index in [1.807, 2.05) is 0 Å². The number of aromatic nitrogens is 1. The largest absolute Gasteiger partial charge is 0.436 e. The monoisotopic (exact) mass is 261 g/mol. The quantitative estimate of drug-likeness (QED) is 0.873. The number of hydrogen-bond acceptors (Lipinski definition) is 4. The van der Waals surface area contributed by atoms with Gasteiger partial charge >= 0.3 is 0 Å². The van der Waals surface area contributed by atoms with Crippen LogP contribution in [0.25, 0.3) is 0 Å². The normalized spacial score (nSPS) is 10.2. The van der Waals surface area contributed by atoms with E-state index >= 15 is 0 Å². The number of pyridine rings is 1. The molecule has 0 aliphatic heterocycles. The maximum Gasteiger partial charge on any atom is 0.250 e. The van der Waals surface area contributed by atoms with Gasteiger partial charge in [-0.2, -0.15) is 0 Å². The summed E-state index contributed by atoms with van der Waals surface area (Å²) < 4.78 is 18.9. The van der Waals surface area contributed by atoms with Gasteiger partial charge in [0.25, 0.3) is 0 Å². The molecule has 0 spiro atoms. The van der Waals surface area contributed by atoms with Gasteiger partial charge in [-0.25, -0.2) is 9.37 Å². The van der Waals surface area contributed by atoms with Gasteiger partial charge in [-0.3, -0.25) is 4.79 Å². The van der Waals surface area contributed by atoms with Crippen LogP contribution in [0.1, 0.15) is 15.9 Å². The smallest absolute Gasteiger partial charge is 0.250 e. The van der Waals surface area contributed by atoms with Crippen molar-refractivity contribution in [1.82, 2.24) is 4.98 Å². The highest BCUT2D eigenvalue weighted by atomic mass is 19.1. The summed E-state index contributed by atoms with van der Waals surface area (Å²) in [5.74, 6) is -0.901. The van der Waals surface area contributed by atoms with Gasteiger partial charge < -0.3 is 16.2 Å². The molecule has 4 N–H and O–H groups in total. The number of primary amides is 1. The number of amides is 1. The van der Waals surface area contributed by atoms with E-state index in [9.17, 15) is 9.18 Å². The summed E-state index contributed by atoms with van der Waals surface area (Å²) in [5.41, 5.74) is 11.4. The van der Waals surface area contributed by atoms with Gasteiger partial charge in [-0.15, -0.1) is 0 Å². The Bertz CT molecular complexity index is 599. The van der Waals surface area contributed by atoms with E-state index < -0.39 is 11.7 Å². The second kappa shape index (κ2) is 5.45. The zero-order valence-electron chi connectivity index (χ0n) is 9.97. The van der Waals surface area contributed by atoms with Gasteiger partial charge in [0.05, 0.1) is 5.56 Å². The lowest BCUT2D eigenvalue weighted by Crippen LogP contribution is -2.10. The fraction of sp³-hybridized carbons (Fsp3) is 0.0769. The zero-order chi connectivity index (χ0) is 13.8. The molecule has 19 heavy (non-hydrogen) atoms. The van der Waals surface area contributed by atoms with Crippen molar-refractivity contribution in [1.29, 1.82) is 0 Å². The first-order valence-electron chi connectivity index (χ1n) is 5.52. The minimum Gasteiger partial charge on any atom is -0.436 e. The van der Waals surface area contributed by atoms with Crippen molar-refractivity contribution in [2.24, 2.45) is 11.5 Å². The summed E-state index contributed by atoms with van der Waals surface area (Å²) in [6, 6.07) is 7.33. The second-order valence-corrected chi connectivity index (χ2v) is 3.82. The van der Waals surface area contributed by atoms with Crippen molar-refractivity contribution in [3.05, 3.63) is 53.5 Å².